The molecule has 5 nitrogen and oxygen atoms in total. The fourth-order valence-electron chi connectivity index (χ4n) is 1.45. The molecular weight excluding hydrogens is 252 g/mol. The Kier molecular flexibility index (Phi) is 5.15. The standard InChI is InChI=1S/C12H18N2O3S/c1-3-9-18(16,17)14-11-7-5-10(6-8-11)12(15)13-4-2/h5-8,14H,3-4,9H2,1-2H3,(H,13,15). The molecule has 0 saturated carbocycles. The number of rotatable bonds is 6. The third-order valence-electron chi connectivity index (χ3n) is 2.23. The van der Waals surface area contributed by atoms with Gasteiger partial charge in [0, 0.05) is 17.8 Å². The van der Waals surface area contributed by atoms with Gasteiger partial charge in [-0.2, -0.15) is 0 Å². The van der Waals surface area contributed by atoms with Gasteiger partial charge in [0.1, 0.15) is 0 Å². The number of anilines is 1. The van der Waals surface area contributed by atoms with Crippen LogP contribution in [-0.4, -0.2) is 26.6 Å². The lowest BCUT2D eigenvalue weighted by Crippen LogP contribution is -2.22. The van der Waals surface area contributed by atoms with E-state index in [-0.39, 0.29) is 11.7 Å². The average Bonchev–Trinajstić information content (AvgIpc) is 2.29. The first kappa shape index (κ1) is 14.5. The van der Waals surface area contributed by atoms with Crippen molar-refractivity contribution in [1.82, 2.24) is 5.32 Å². The van der Waals surface area contributed by atoms with Gasteiger partial charge < -0.3 is 5.32 Å². The van der Waals surface area contributed by atoms with Crippen molar-refractivity contribution in [2.75, 3.05) is 17.0 Å². The zero-order valence-electron chi connectivity index (χ0n) is 10.6. The fraction of sp³-hybridized carbons (Fsp3) is 0.417. The smallest absolute Gasteiger partial charge is 0.251 e. The number of hydrogen-bond donors (Lipinski definition) is 2. The Labute approximate surface area is 108 Å². The quantitative estimate of drug-likeness (QED) is 0.824. The second-order valence-electron chi connectivity index (χ2n) is 3.86. The highest BCUT2D eigenvalue weighted by Gasteiger charge is 2.09. The van der Waals surface area contributed by atoms with Crippen molar-refractivity contribution in [1.29, 1.82) is 0 Å². The summed E-state index contributed by atoms with van der Waals surface area (Å²) in [6, 6.07) is 6.35. The summed E-state index contributed by atoms with van der Waals surface area (Å²) < 4.78 is 25.5. The van der Waals surface area contributed by atoms with E-state index >= 15 is 0 Å². The molecule has 0 aliphatic carbocycles. The first-order valence-electron chi connectivity index (χ1n) is 5.87. The van der Waals surface area contributed by atoms with Crippen LogP contribution in [0.5, 0.6) is 0 Å². The zero-order chi connectivity index (χ0) is 13.6. The summed E-state index contributed by atoms with van der Waals surface area (Å²) in [4.78, 5) is 11.5. The molecule has 0 aromatic heterocycles. The van der Waals surface area contributed by atoms with Crippen LogP contribution in [0.2, 0.25) is 0 Å². The third kappa shape index (κ3) is 4.37. The topological polar surface area (TPSA) is 75.3 Å². The lowest BCUT2D eigenvalue weighted by atomic mass is 10.2. The van der Waals surface area contributed by atoms with Gasteiger partial charge in [-0.15, -0.1) is 0 Å². The van der Waals surface area contributed by atoms with Gasteiger partial charge in [0.15, 0.2) is 0 Å². The van der Waals surface area contributed by atoms with E-state index in [0.29, 0.717) is 24.2 Å². The molecule has 0 heterocycles. The van der Waals surface area contributed by atoms with Crippen molar-refractivity contribution < 1.29 is 13.2 Å². The first-order chi connectivity index (χ1) is 8.48. The molecule has 0 aliphatic heterocycles. The molecule has 0 atom stereocenters. The SMILES string of the molecule is CCCS(=O)(=O)Nc1ccc(C(=O)NCC)cc1. The Morgan fingerprint density at radius 3 is 2.28 bits per heavy atom. The molecule has 0 fully saturated rings. The van der Waals surface area contributed by atoms with E-state index in [2.05, 4.69) is 10.0 Å². The van der Waals surface area contributed by atoms with E-state index in [1.54, 1.807) is 31.2 Å². The normalized spacial score (nSPS) is 11.0. The maximum atomic E-state index is 11.5. The minimum atomic E-state index is -3.28. The fourth-order valence-corrected chi connectivity index (χ4v) is 2.59. The van der Waals surface area contributed by atoms with Crippen molar-refractivity contribution in [2.24, 2.45) is 0 Å². The lowest BCUT2D eigenvalue weighted by molar-refractivity contribution is 0.0956. The molecule has 0 spiro atoms. The molecule has 1 amide bonds. The second-order valence-corrected chi connectivity index (χ2v) is 5.70. The number of sulfonamides is 1. The summed E-state index contributed by atoms with van der Waals surface area (Å²) >= 11 is 0. The minimum Gasteiger partial charge on any atom is -0.352 e. The van der Waals surface area contributed by atoms with E-state index in [4.69, 9.17) is 0 Å². The van der Waals surface area contributed by atoms with Gasteiger partial charge in [0.25, 0.3) is 5.91 Å². The maximum absolute atomic E-state index is 11.5. The number of nitrogens with one attached hydrogen (secondary N) is 2. The van der Waals surface area contributed by atoms with Crippen LogP contribution in [0, 0.1) is 0 Å². The molecule has 2 N–H and O–H groups in total. The second kappa shape index (κ2) is 6.39. The molecule has 0 radical (unpaired) electrons. The van der Waals surface area contributed by atoms with Crippen LogP contribution in [0.4, 0.5) is 5.69 Å². The number of hydrogen-bond acceptors (Lipinski definition) is 3. The average molecular weight is 270 g/mol. The molecule has 6 heteroatoms. The van der Waals surface area contributed by atoms with E-state index in [0.717, 1.165) is 0 Å². The van der Waals surface area contributed by atoms with E-state index in [9.17, 15) is 13.2 Å². The summed E-state index contributed by atoms with van der Waals surface area (Å²) in [6.45, 7) is 4.20. The molecule has 100 valence electrons. The van der Waals surface area contributed by atoms with Gasteiger partial charge >= 0.3 is 0 Å². The predicted octanol–water partition coefficient (Wildman–Crippen LogP) is 1.59. The summed E-state index contributed by atoms with van der Waals surface area (Å²) in [7, 11) is -3.28. The molecular formula is C12H18N2O3S. The van der Waals surface area contributed by atoms with E-state index in [1.807, 2.05) is 6.92 Å². The Morgan fingerprint density at radius 2 is 1.78 bits per heavy atom. The van der Waals surface area contributed by atoms with E-state index in [1.165, 1.54) is 0 Å². The van der Waals surface area contributed by atoms with Gasteiger partial charge in [-0.05, 0) is 37.6 Å². The molecule has 0 saturated heterocycles. The molecule has 1 aromatic rings. The highest BCUT2D eigenvalue weighted by Crippen LogP contribution is 2.11. The largest absolute Gasteiger partial charge is 0.352 e. The maximum Gasteiger partial charge on any atom is 0.251 e. The van der Waals surface area contributed by atoms with Crippen molar-refractivity contribution in [3.05, 3.63) is 29.8 Å². The Morgan fingerprint density at radius 1 is 1.17 bits per heavy atom. The Balaban J connectivity index is 2.75. The molecule has 1 aromatic carbocycles. The van der Waals surface area contributed by atoms with Crippen LogP contribution in [0.25, 0.3) is 0 Å². The van der Waals surface area contributed by atoms with Gasteiger partial charge in [-0.25, -0.2) is 8.42 Å². The molecule has 0 bridgehead atoms. The highest BCUT2D eigenvalue weighted by atomic mass is 32.2. The van der Waals surface area contributed by atoms with Crippen molar-refractivity contribution in [3.63, 3.8) is 0 Å². The minimum absolute atomic E-state index is 0.0884. The summed E-state index contributed by atoms with van der Waals surface area (Å²) in [5, 5.41) is 2.67. The van der Waals surface area contributed by atoms with Crippen LogP contribution in [0.15, 0.2) is 24.3 Å². The first-order valence-corrected chi connectivity index (χ1v) is 7.52. The Hall–Kier alpha value is -1.56. The third-order valence-corrected chi connectivity index (χ3v) is 3.72. The van der Waals surface area contributed by atoms with Crippen molar-refractivity contribution in [3.8, 4) is 0 Å². The van der Waals surface area contributed by atoms with Gasteiger partial charge in [0.2, 0.25) is 10.0 Å². The molecule has 1 rings (SSSR count). The van der Waals surface area contributed by atoms with Gasteiger partial charge in [-0.3, -0.25) is 9.52 Å². The number of amides is 1. The van der Waals surface area contributed by atoms with Crippen LogP contribution < -0.4 is 10.0 Å². The predicted molar refractivity (Wildman–Crippen MR) is 72.1 cm³/mol. The summed E-state index contributed by atoms with van der Waals surface area (Å²) in [6.07, 6.45) is 0.562. The molecule has 0 aliphatic rings. The Bertz CT molecular complexity index is 495. The van der Waals surface area contributed by atoms with Crippen LogP contribution in [0.3, 0.4) is 0 Å². The van der Waals surface area contributed by atoms with Gasteiger partial charge in [0.05, 0.1) is 5.75 Å². The number of benzene rings is 1. The molecule has 0 unspecified atom stereocenters. The highest BCUT2D eigenvalue weighted by molar-refractivity contribution is 7.92. The monoisotopic (exact) mass is 270 g/mol. The van der Waals surface area contributed by atoms with Gasteiger partial charge in [-0.1, -0.05) is 6.92 Å². The van der Waals surface area contributed by atoms with Crippen LogP contribution in [-0.2, 0) is 10.0 Å². The van der Waals surface area contributed by atoms with Crippen LogP contribution in [0.1, 0.15) is 30.6 Å². The lowest BCUT2D eigenvalue weighted by Gasteiger charge is -2.07. The molecule has 18 heavy (non-hydrogen) atoms. The summed E-state index contributed by atoms with van der Waals surface area (Å²) in [5.41, 5.74) is 0.979. The van der Waals surface area contributed by atoms with Crippen LogP contribution >= 0.6 is 0 Å². The summed E-state index contributed by atoms with van der Waals surface area (Å²) in [5.74, 6) is -0.0779. The number of carbonyl (C=O) groups excluding carboxylic acids is 1. The van der Waals surface area contributed by atoms with E-state index < -0.39 is 10.0 Å². The zero-order valence-corrected chi connectivity index (χ0v) is 11.4. The number of carbonyl (C=O) groups is 1. The van der Waals surface area contributed by atoms with Crippen molar-refractivity contribution in [2.45, 2.75) is 20.3 Å². The van der Waals surface area contributed by atoms with Crippen molar-refractivity contribution >= 4 is 21.6 Å².